The summed E-state index contributed by atoms with van der Waals surface area (Å²) < 4.78 is 36.6. The lowest BCUT2D eigenvalue weighted by atomic mass is 10.3. The van der Waals surface area contributed by atoms with Crippen molar-refractivity contribution in [2.45, 2.75) is 6.18 Å². The zero-order valence-electron chi connectivity index (χ0n) is 7.67. The summed E-state index contributed by atoms with van der Waals surface area (Å²) in [5, 5.41) is 5.19. The summed E-state index contributed by atoms with van der Waals surface area (Å²) in [5.74, 6) is -1.29. The number of hydrogen-bond donors (Lipinski definition) is 2. The van der Waals surface area contributed by atoms with Gasteiger partial charge in [-0.25, -0.2) is 4.98 Å². The van der Waals surface area contributed by atoms with Crippen LogP contribution in [0.25, 0.3) is 11.4 Å². The lowest BCUT2D eigenvalue weighted by molar-refractivity contribution is -0.144. The van der Waals surface area contributed by atoms with E-state index in [1.165, 1.54) is 18.3 Å². The van der Waals surface area contributed by atoms with Crippen molar-refractivity contribution in [2.24, 2.45) is 0 Å². The molecule has 0 unspecified atom stereocenters. The first kappa shape index (κ1) is 10.4. The topological polar surface area (TPSA) is 74.4 Å². The maximum absolute atomic E-state index is 12.2. The normalized spacial score (nSPS) is 11.7. The second kappa shape index (κ2) is 3.47. The molecule has 0 aliphatic heterocycles. The lowest BCUT2D eigenvalue weighted by Crippen LogP contribution is -2.07. The highest BCUT2D eigenvalue weighted by Crippen LogP contribution is 2.27. The molecule has 0 spiro atoms. The Hall–Kier alpha value is -2.12. The summed E-state index contributed by atoms with van der Waals surface area (Å²) in [4.78, 5) is 16.3. The molecule has 0 radical (unpaired) electrons. The number of nitrogens with zero attached hydrogens (tertiary/aromatic N) is 2. The molecule has 0 amide bonds. The Bertz CT molecular complexity index is 536. The summed E-state index contributed by atoms with van der Waals surface area (Å²) in [6.45, 7) is 0. The SMILES string of the molecule is O=c1ccc(-c2n[nH]c(C(F)(F)F)n2)c[nH]1. The lowest BCUT2D eigenvalue weighted by Gasteiger charge is -1.98. The van der Waals surface area contributed by atoms with Gasteiger partial charge in [0.2, 0.25) is 11.4 Å². The van der Waals surface area contributed by atoms with Gasteiger partial charge >= 0.3 is 6.18 Å². The molecule has 0 saturated heterocycles. The van der Waals surface area contributed by atoms with Crippen LogP contribution in [0.1, 0.15) is 5.82 Å². The highest BCUT2D eigenvalue weighted by molar-refractivity contribution is 5.52. The van der Waals surface area contributed by atoms with Gasteiger partial charge in [0.1, 0.15) is 0 Å². The van der Waals surface area contributed by atoms with Crippen LogP contribution in [0.15, 0.2) is 23.1 Å². The summed E-state index contributed by atoms with van der Waals surface area (Å²) in [5.41, 5.74) is -0.0540. The van der Waals surface area contributed by atoms with Gasteiger partial charge in [0, 0.05) is 17.8 Å². The largest absolute Gasteiger partial charge is 0.451 e. The molecule has 8 heteroatoms. The molecule has 0 saturated carbocycles. The molecule has 0 aliphatic rings. The van der Waals surface area contributed by atoms with Crippen molar-refractivity contribution in [1.29, 1.82) is 0 Å². The van der Waals surface area contributed by atoms with Gasteiger partial charge in [-0.15, -0.1) is 0 Å². The Kier molecular flexibility index (Phi) is 2.26. The number of nitrogens with one attached hydrogen (secondary N) is 2. The van der Waals surface area contributed by atoms with Crippen LogP contribution >= 0.6 is 0 Å². The predicted molar refractivity (Wildman–Crippen MR) is 47.4 cm³/mol. The minimum Gasteiger partial charge on any atom is -0.328 e. The Morgan fingerprint density at radius 1 is 1.25 bits per heavy atom. The number of alkyl halides is 3. The number of hydrogen-bond acceptors (Lipinski definition) is 3. The first-order chi connectivity index (χ1) is 7.47. The molecule has 0 fully saturated rings. The molecular formula is C8H5F3N4O. The van der Waals surface area contributed by atoms with Crippen LogP contribution in [0.3, 0.4) is 0 Å². The Labute approximate surface area is 86.3 Å². The fourth-order valence-corrected chi connectivity index (χ4v) is 1.07. The van der Waals surface area contributed by atoms with Crippen LogP contribution in [0.2, 0.25) is 0 Å². The van der Waals surface area contributed by atoms with E-state index in [4.69, 9.17) is 0 Å². The molecule has 16 heavy (non-hydrogen) atoms. The molecule has 2 heterocycles. The van der Waals surface area contributed by atoms with E-state index in [0.717, 1.165) is 0 Å². The second-order valence-electron chi connectivity index (χ2n) is 2.95. The number of halogens is 3. The Balaban J connectivity index is 2.39. The van der Waals surface area contributed by atoms with E-state index in [1.54, 1.807) is 5.10 Å². The maximum atomic E-state index is 12.2. The molecule has 5 nitrogen and oxygen atoms in total. The van der Waals surface area contributed by atoms with E-state index in [0.29, 0.717) is 5.56 Å². The predicted octanol–water partition coefficient (Wildman–Crippen LogP) is 1.18. The summed E-state index contributed by atoms with van der Waals surface area (Å²) in [6.07, 6.45) is -3.32. The van der Waals surface area contributed by atoms with Crippen LogP contribution in [0, 0.1) is 0 Å². The molecule has 0 aromatic carbocycles. The zero-order valence-corrected chi connectivity index (χ0v) is 7.67. The number of H-pyrrole nitrogens is 2. The molecule has 2 N–H and O–H groups in total. The fourth-order valence-electron chi connectivity index (χ4n) is 1.07. The van der Waals surface area contributed by atoms with Crippen molar-refractivity contribution < 1.29 is 13.2 Å². The number of pyridine rings is 1. The number of aromatic amines is 2. The standard InChI is InChI=1S/C8H5F3N4O/c9-8(10,11)7-13-6(14-15-7)4-1-2-5(16)12-3-4/h1-3H,(H,12,16)(H,13,14,15). The molecule has 0 atom stereocenters. The maximum Gasteiger partial charge on any atom is 0.451 e. The van der Waals surface area contributed by atoms with Crippen molar-refractivity contribution in [1.82, 2.24) is 20.2 Å². The van der Waals surface area contributed by atoms with Crippen molar-refractivity contribution in [3.8, 4) is 11.4 Å². The van der Waals surface area contributed by atoms with E-state index >= 15 is 0 Å². The highest BCUT2D eigenvalue weighted by Gasteiger charge is 2.35. The smallest absolute Gasteiger partial charge is 0.328 e. The monoisotopic (exact) mass is 230 g/mol. The minimum atomic E-state index is -4.56. The van der Waals surface area contributed by atoms with Crippen LogP contribution in [0.5, 0.6) is 0 Å². The van der Waals surface area contributed by atoms with Gasteiger partial charge in [0.15, 0.2) is 5.82 Å². The van der Waals surface area contributed by atoms with E-state index < -0.39 is 12.0 Å². The van der Waals surface area contributed by atoms with Gasteiger partial charge in [-0.1, -0.05) is 0 Å². The van der Waals surface area contributed by atoms with Gasteiger partial charge in [0.25, 0.3) is 0 Å². The Morgan fingerprint density at radius 2 is 2.00 bits per heavy atom. The first-order valence-electron chi connectivity index (χ1n) is 4.15. The third-order valence-electron chi connectivity index (χ3n) is 1.80. The highest BCUT2D eigenvalue weighted by atomic mass is 19.4. The number of rotatable bonds is 1. The molecular weight excluding hydrogens is 225 g/mol. The van der Waals surface area contributed by atoms with Crippen molar-refractivity contribution in [3.63, 3.8) is 0 Å². The van der Waals surface area contributed by atoms with E-state index in [9.17, 15) is 18.0 Å². The molecule has 84 valence electrons. The van der Waals surface area contributed by atoms with Gasteiger partial charge in [-0.2, -0.15) is 18.3 Å². The summed E-state index contributed by atoms with van der Waals surface area (Å²) in [6, 6.07) is 2.51. The van der Waals surface area contributed by atoms with Crippen molar-refractivity contribution in [2.75, 3.05) is 0 Å². The molecule has 2 aromatic rings. The Morgan fingerprint density at radius 3 is 2.50 bits per heavy atom. The van der Waals surface area contributed by atoms with Crippen LogP contribution in [-0.4, -0.2) is 20.2 Å². The zero-order chi connectivity index (χ0) is 11.8. The van der Waals surface area contributed by atoms with E-state index in [2.05, 4.69) is 15.1 Å². The molecule has 2 aromatic heterocycles. The molecule has 2 rings (SSSR count). The van der Waals surface area contributed by atoms with Crippen molar-refractivity contribution in [3.05, 3.63) is 34.5 Å². The fraction of sp³-hybridized carbons (Fsp3) is 0.125. The van der Waals surface area contributed by atoms with E-state index in [1.807, 2.05) is 0 Å². The summed E-state index contributed by atoms with van der Waals surface area (Å²) >= 11 is 0. The quantitative estimate of drug-likeness (QED) is 0.772. The van der Waals surface area contributed by atoms with Crippen LogP contribution < -0.4 is 5.56 Å². The first-order valence-corrected chi connectivity index (χ1v) is 4.15. The minimum absolute atomic E-state index is 0.122. The average molecular weight is 230 g/mol. The van der Waals surface area contributed by atoms with Crippen LogP contribution in [0.4, 0.5) is 13.2 Å². The van der Waals surface area contributed by atoms with Gasteiger partial charge < -0.3 is 4.98 Å². The van der Waals surface area contributed by atoms with E-state index in [-0.39, 0.29) is 11.4 Å². The summed E-state index contributed by atoms with van der Waals surface area (Å²) in [7, 11) is 0. The molecule has 0 bridgehead atoms. The van der Waals surface area contributed by atoms with Gasteiger partial charge in [-0.05, 0) is 6.07 Å². The van der Waals surface area contributed by atoms with Gasteiger partial charge in [0.05, 0.1) is 0 Å². The third kappa shape index (κ3) is 1.95. The number of aromatic nitrogens is 4. The third-order valence-corrected chi connectivity index (χ3v) is 1.80. The van der Waals surface area contributed by atoms with Crippen molar-refractivity contribution >= 4 is 0 Å². The molecule has 0 aliphatic carbocycles. The van der Waals surface area contributed by atoms with Gasteiger partial charge in [-0.3, -0.25) is 9.89 Å². The van der Waals surface area contributed by atoms with Crippen LogP contribution in [-0.2, 0) is 6.18 Å². The average Bonchev–Trinajstić information content (AvgIpc) is 2.67. The second-order valence-corrected chi connectivity index (χ2v) is 2.95.